The first-order valence-electron chi connectivity index (χ1n) is 9.49. The number of anilines is 1. The van der Waals surface area contributed by atoms with E-state index in [0.717, 1.165) is 29.7 Å². The van der Waals surface area contributed by atoms with Gasteiger partial charge in [-0.05, 0) is 52.0 Å². The zero-order valence-electron chi connectivity index (χ0n) is 15.7. The van der Waals surface area contributed by atoms with E-state index in [2.05, 4.69) is 32.3 Å². The van der Waals surface area contributed by atoms with Crippen molar-refractivity contribution in [1.82, 2.24) is 10.3 Å². The van der Waals surface area contributed by atoms with Crippen molar-refractivity contribution in [3.05, 3.63) is 94.2 Å². The summed E-state index contributed by atoms with van der Waals surface area (Å²) in [5.41, 5.74) is 3.22. The molecule has 0 radical (unpaired) electrons. The minimum Gasteiger partial charge on any atom is -0.336 e. The number of pyridine rings is 1. The van der Waals surface area contributed by atoms with Gasteiger partial charge in [0.15, 0.2) is 0 Å². The summed E-state index contributed by atoms with van der Waals surface area (Å²) < 4.78 is 0.706. The number of rotatable bonds is 4. The molecule has 0 aliphatic carbocycles. The first-order valence-corrected chi connectivity index (χ1v) is 10.3. The average Bonchev–Trinajstić information content (AvgIpc) is 2.77. The molecule has 2 heterocycles. The molecule has 1 aliphatic heterocycles. The Labute approximate surface area is 177 Å². The highest BCUT2D eigenvalue weighted by atomic mass is 79.9. The Morgan fingerprint density at radius 3 is 2.59 bits per heavy atom. The summed E-state index contributed by atoms with van der Waals surface area (Å²) in [5, 5.41) is 2.91. The zero-order chi connectivity index (χ0) is 20.2. The molecule has 0 fully saturated rings. The Bertz CT molecular complexity index is 1040. The fourth-order valence-corrected chi connectivity index (χ4v) is 3.97. The van der Waals surface area contributed by atoms with Crippen LogP contribution in [0.1, 0.15) is 33.9 Å². The number of nitrogens with one attached hydrogen (secondary N) is 1. The Balaban J connectivity index is 1.67. The SMILES string of the molecule is O=C(N[C@@H](C(=O)N1CCCc2ccccc21)c1ccccc1)c1cncc(Br)c1. The summed E-state index contributed by atoms with van der Waals surface area (Å²) in [6, 6.07) is 18.2. The molecular weight excluding hydrogens is 430 g/mol. The van der Waals surface area contributed by atoms with E-state index in [9.17, 15) is 9.59 Å². The number of nitrogens with zero attached hydrogens (tertiary/aromatic N) is 2. The highest BCUT2D eigenvalue weighted by Gasteiger charge is 2.31. The van der Waals surface area contributed by atoms with Gasteiger partial charge in [-0.15, -0.1) is 0 Å². The van der Waals surface area contributed by atoms with E-state index in [1.807, 2.05) is 48.5 Å². The number of fused-ring (bicyclic) bond motifs is 1. The summed E-state index contributed by atoms with van der Waals surface area (Å²) in [5.74, 6) is -0.481. The van der Waals surface area contributed by atoms with Crippen molar-refractivity contribution in [3.63, 3.8) is 0 Å². The molecule has 1 aromatic heterocycles. The minimum atomic E-state index is -0.783. The molecular formula is C23H20BrN3O2. The van der Waals surface area contributed by atoms with Gasteiger partial charge in [-0.25, -0.2) is 0 Å². The average molecular weight is 450 g/mol. The Hall–Kier alpha value is -2.99. The molecule has 4 rings (SSSR count). The van der Waals surface area contributed by atoms with Crippen molar-refractivity contribution >= 4 is 33.4 Å². The molecule has 0 unspecified atom stereocenters. The van der Waals surface area contributed by atoms with Crippen molar-refractivity contribution in [2.75, 3.05) is 11.4 Å². The van der Waals surface area contributed by atoms with Crippen LogP contribution in [-0.4, -0.2) is 23.3 Å². The Morgan fingerprint density at radius 1 is 1.03 bits per heavy atom. The maximum Gasteiger partial charge on any atom is 0.254 e. The molecule has 146 valence electrons. The number of carbonyl (C=O) groups excluding carboxylic acids is 2. The molecule has 2 amide bonds. The number of para-hydroxylation sites is 1. The minimum absolute atomic E-state index is 0.139. The third-order valence-corrected chi connectivity index (χ3v) is 5.43. The first-order chi connectivity index (χ1) is 14.1. The van der Waals surface area contributed by atoms with E-state index >= 15 is 0 Å². The number of benzene rings is 2. The number of hydrogen-bond donors (Lipinski definition) is 1. The smallest absolute Gasteiger partial charge is 0.254 e. The van der Waals surface area contributed by atoms with Gasteiger partial charge in [0.25, 0.3) is 11.8 Å². The molecule has 0 spiro atoms. The number of aryl methyl sites for hydroxylation is 1. The third-order valence-electron chi connectivity index (χ3n) is 5.00. The maximum absolute atomic E-state index is 13.6. The van der Waals surface area contributed by atoms with E-state index in [1.54, 1.807) is 17.2 Å². The van der Waals surface area contributed by atoms with Gasteiger partial charge < -0.3 is 10.2 Å². The molecule has 0 bridgehead atoms. The Morgan fingerprint density at radius 2 is 1.79 bits per heavy atom. The highest BCUT2D eigenvalue weighted by molar-refractivity contribution is 9.10. The summed E-state index contributed by atoms with van der Waals surface area (Å²) in [4.78, 5) is 32.3. The summed E-state index contributed by atoms with van der Waals surface area (Å²) in [6.45, 7) is 0.632. The van der Waals surface area contributed by atoms with Crippen LogP contribution in [0.15, 0.2) is 77.5 Å². The van der Waals surface area contributed by atoms with E-state index < -0.39 is 6.04 Å². The third kappa shape index (κ3) is 4.22. The topological polar surface area (TPSA) is 62.3 Å². The predicted molar refractivity (Wildman–Crippen MR) is 116 cm³/mol. The van der Waals surface area contributed by atoms with Gasteiger partial charge in [0, 0.05) is 29.1 Å². The van der Waals surface area contributed by atoms with Crippen LogP contribution in [0.3, 0.4) is 0 Å². The van der Waals surface area contributed by atoms with E-state index in [0.29, 0.717) is 16.6 Å². The number of aromatic nitrogens is 1. The van der Waals surface area contributed by atoms with Gasteiger partial charge in [-0.1, -0.05) is 48.5 Å². The number of halogens is 1. The predicted octanol–water partition coefficient (Wildman–Crippen LogP) is 4.29. The van der Waals surface area contributed by atoms with Crippen LogP contribution in [0.4, 0.5) is 5.69 Å². The maximum atomic E-state index is 13.6. The number of amides is 2. The number of hydrogen-bond acceptors (Lipinski definition) is 3. The number of carbonyl (C=O) groups is 2. The molecule has 0 saturated heterocycles. The molecule has 29 heavy (non-hydrogen) atoms. The lowest BCUT2D eigenvalue weighted by molar-refractivity contribution is -0.120. The second-order valence-corrected chi connectivity index (χ2v) is 7.85. The van der Waals surface area contributed by atoms with Crippen molar-refractivity contribution in [2.24, 2.45) is 0 Å². The van der Waals surface area contributed by atoms with E-state index in [1.165, 1.54) is 6.20 Å². The van der Waals surface area contributed by atoms with Gasteiger partial charge in [-0.2, -0.15) is 0 Å². The van der Waals surface area contributed by atoms with Gasteiger partial charge in [0.05, 0.1) is 5.56 Å². The van der Waals surface area contributed by atoms with Crippen LogP contribution in [0.5, 0.6) is 0 Å². The summed E-state index contributed by atoms with van der Waals surface area (Å²) in [7, 11) is 0. The van der Waals surface area contributed by atoms with Crippen LogP contribution >= 0.6 is 15.9 Å². The molecule has 5 nitrogen and oxygen atoms in total. The fourth-order valence-electron chi connectivity index (χ4n) is 3.60. The molecule has 1 N–H and O–H groups in total. The second-order valence-electron chi connectivity index (χ2n) is 6.93. The quantitative estimate of drug-likeness (QED) is 0.645. The molecule has 3 aromatic rings. The lowest BCUT2D eigenvalue weighted by Gasteiger charge is -2.32. The fraction of sp³-hybridized carbons (Fsp3) is 0.174. The lowest BCUT2D eigenvalue weighted by Crippen LogP contribution is -2.45. The van der Waals surface area contributed by atoms with Crippen LogP contribution in [-0.2, 0) is 11.2 Å². The van der Waals surface area contributed by atoms with Crippen LogP contribution in [0.25, 0.3) is 0 Å². The van der Waals surface area contributed by atoms with Crippen molar-refractivity contribution in [1.29, 1.82) is 0 Å². The zero-order valence-corrected chi connectivity index (χ0v) is 17.3. The van der Waals surface area contributed by atoms with Crippen molar-refractivity contribution in [2.45, 2.75) is 18.9 Å². The van der Waals surface area contributed by atoms with Crippen LogP contribution in [0, 0.1) is 0 Å². The van der Waals surface area contributed by atoms with E-state index in [4.69, 9.17) is 0 Å². The van der Waals surface area contributed by atoms with Crippen molar-refractivity contribution < 1.29 is 9.59 Å². The largest absolute Gasteiger partial charge is 0.336 e. The lowest BCUT2D eigenvalue weighted by atomic mass is 9.99. The van der Waals surface area contributed by atoms with Gasteiger partial charge in [0.1, 0.15) is 6.04 Å². The highest BCUT2D eigenvalue weighted by Crippen LogP contribution is 2.29. The molecule has 0 saturated carbocycles. The first kappa shape index (κ1) is 19.3. The van der Waals surface area contributed by atoms with Gasteiger partial charge >= 0.3 is 0 Å². The molecule has 1 aliphatic rings. The summed E-state index contributed by atoms with van der Waals surface area (Å²) >= 11 is 3.33. The standard InChI is InChI=1S/C23H20BrN3O2/c24-19-13-18(14-25-15-19)22(28)26-21(17-8-2-1-3-9-17)23(29)27-12-6-10-16-7-4-5-11-20(16)27/h1-5,7-9,11,13-15,21H,6,10,12H2,(H,26,28)/t21-/m1/s1. The van der Waals surface area contributed by atoms with Gasteiger partial charge in [-0.3, -0.25) is 14.6 Å². The normalized spacial score (nSPS) is 14.0. The van der Waals surface area contributed by atoms with Crippen LogP contribution < -0.4 is 10.2 Å². The van der Waals surface area contributed by atoms with Crippen molar-refractivity contribution in [3.8, 4) is 0 Å². The van der Waals surface area contributed by atoms with Crippen LogP contribution in [0.2, 0.25) is 0 Å². The monoisotopic (exact) mass is 449 g/mol. The van der Waals surface area contributed by atoms with E-state index in [-0.39, 0.29) is 11.8 Å². The molecule has 1 atom stereocenters. The molecule has 6 heteroatoms. The summed E-state index contributed by atoms with van der Waals surface area (Å²) in [6.07, 6.45) is 4.95. The Kier molecular flexibility index (Phi) is 5.71. The van der Waals surface area contributed by atoms with Gasteiger partial charge in [0.2, 0.25) is 0 Å². The molecule has 2 aromatic carbocycles. The second kappa shape index (κ2) is 8.57.